The maximum absolute atomic E-state index is 11.3. The Bertz CT molecular complexity index is 441. The summed E-state index contributed by atoms with van der Waals surface area (Å²) in [4.78, 5) is 22.7. The van der Waals surface area contributed by atoms with Crippen LogP contribution in [-0.2, 0) is 0 Å². The molecule has 1 aromatic rings. The van der Waals surface area contributed by atoms with Crippen LogP contribution in [0.25, 0.3) is 0 Å². The van der Waals surface area contributed by atoms with Gasteiger partial charge in [0.05, 0.1) is 6.61 Å². The molecule has 0 saturated carbocycles. The topological polar surface area (TPSA) is 55.4 Å². The Morgan fingerprint density at radius 2 is 1.88 bits per heavy atom. The van der Waals surface area contributed by atoms with E-state index in [1.165, 1.54) is 0 Å². The van der Waals surface area contributed by atoms with Crippen molar-refractivity contribution in [3.63, 3.8) is 0 Å². The molecule has 0 aromatic heterocycles. The van der Waals surface area contributed by atoms with E-state index in [-0.39, 0.29) is 11.2 Å². The third-order valence-electron chi connectivity index (χ3n) is 2.13. The highest BCUT2D eigenvalue weighted by molar-refractivity contribution is 9.09. The molecule has 0 fully saturated rings. The largest absolute Gasteiger partial charge is 0.487 e. The molecule has 17 heavy (non-hydrogen) atoms. The second-order valence-corrected chi connectivity index (χ2v) is 5.97. The zero-order chi connectivity index (χ0) is 13.1. The van der Waals surface area contributed by atoms with Gasteiger partial charge in [0.15, 0.2) is 5.75 Å². The predicted octanol–water partition coefficient (Wildman–Crippen LogP) is 1.90. The van der Waals surface area contributed by atoms with E-state index in [0.717, 1.165) is 11.8 Å². The van der Waals surface area contributed by atoms with E-state index in [9.17, 15) is 9.59 Å². The Balaban J connectivity index is 2.63. The lowest BCUT2D eigenvalue weighted by molar-refractivity contribution is 0.195. The van der Waals surface area contributed by atoms with Crippen LogP contribution < -0.4 is 20.9 Å². The third-order valence-corrected chi connectivity index (χ3v) is 2.69. The van der Waals surface area contributed by atoms with E-state index >= 15 is 0 Å². The van der Waals surface area contributed by atoms with E-state index in [1.807, 2.05) is 20.8 Å². The van der Waals surface area contributed by atoms with Gasteiger partial charge in [0.1, 0.15) is 5.69 Å². The minimum Gasteiger partial charge on any atom is -0.487 e. The molecule has 1 rings (SSSR count). The van der Waals surface area contributed by atoms with Gasteiger partial charge in [0.25, 0.3) is 10.9 Å². The Kier molecular flexibility index (Phi) is 4.74. The number of halogens is 1. The maximum atomic E-state index is 11.3. The van der Waals surface area contributed by atoms with Gasteiger partial charge in [-0.1, -0.05) is 36.7 Å². The molecule has 0 bridgehead atoms. The monoisotopic (exact) mass is 303 g/mol. The van der Waals surface area contributed by atoms with Crippen molar-refractivity contribution in [2.45, 2.75) is 27.2 Å². The number of nitrogens with one attached hydrogen (secondary N) is 1. The van der Waals surface area contributed by atoms with Crippen LogP contribution in [0, 0.1) is 5.41 Å². The van der Waals surface area contributed by atoms with Crippen molar-refractivity contribution in [1.82, 2.24) is 0 Å². The van der Waals surface area contributed by atoms with Gasteiger partial charge in [-0.25, -0.2) is 0 Å². The molecule has 0 unspecified atom stereocenters. The highest BCUT2D eigenvalue weighted by Crippen LogP contribution is 2.21. The molecule has 0 aliphatic heterocycles. The van der Waals surface area contributed by atoms with E-state index in [0.29, 0.717) is 18.8 Å². The predicted molar refractivity (Wildman–Crippen MR) is 73.2 cm³/mol. The molecule has 0 atom stereocenters. The van der Waals surface area contributed by atoms with Crippen molar-refractivity contribution in [1.29, 1.82) is 0 Å². The van der Waals surface area contributed by atoms with Gasteiger partial charge in [-0.15, -0.1) is 0 Å². The molecule has 5 heteroatoms. The molecule has 96 valence electrons. The van der Waals surface area contributed by atoms with Crippen LogP contribution in [-0.4, -0.2) is 18.5 Å². The summed E-state index contributed by atoms with van der Waals surface area (Å²) >= 11 is 3.30. The summed E-state index contributed by atoms with van der Waals surface area (Å²) in [7, 11) is 0. The van der Waals surface area contributed by atoms with E-state index in [2.05, 4.69) is 21.2 Å². The van der Waals surface area contributed by atoms with Crippen LogP contribution >= 0.6 is 15.9 Å². The summed E-state index contributed by atoms with van der Waals surface area (Å²) in [6.45, 7) is 7.11. The van der Waals surface area contributed by atoms with Crippen molar-refractivity contribution in [2.75, 3.05) is 23.8 Å². The first-order valence-electron chi connectivity index (χ1n) is 5.63. The number of anilines is 1. The minimum absolute atomic E-state index is 0.0348. The lowest BCUT2D eigenvalue weighted by Gasteiger charge is -2.21. The molecule has 0 amide bonds. The molecule has 1 aromatic carbocycles. The molecule has 0 heterocycles. The average Bonchev–Trinajstić information content (AvgIpc) is 2.25. The smallest absolute Gasteiger partial charge is 0.272 e. The highest BCUT2D eigenvalue weighted by Gasteiger charge is 2.23. The first kappa shape index (κ1) is 14.2. The molecule has 0 aliphatic rings. The lowest BCUT2D eigenvalue weighted by atomic mass is 9.98. The normalized spacial score (nSPS) is 11.8. The summed E-state index contributed by atoms with van der Waals surface area (Å²) in [6, 6.07) is 0. The fourth-order valence-corrected chi connectivity index (χ4v) is 1.52. The maximum Gasteiger partial charge on any atom is 0.272 e. The first-order chi connectivity index (χ1) is 7.87. The zero-order valence-corrected chi connectivity index (χ0v) is 12.0. The molecular weight excluding hydrogens is 286 g/mol. The second-order valence-electron chi connectivity index (χ2n) is 5.18. The van der Waals surface area contributed by atoms with Gasteiger partial charge in [0, 0.05) is 11.9 Å². The quantitative estimate of drug-likeness (QED) is 0.495. The van der Waals surface area contributed by atoms with Crippen molar-refractivity contribution in [3.05, 3.63) is 20.4 Å². The van der Waals surface area contributed by atoms with Crippen molar-refractivity contribution in [3.8, 4) is 5.75 Å². The number of hydrogen-bond donors (Lipinski definition) is 1. The second kappa shape index (κ2) is 5.67. The Hall–Kier alpha value is -0.840. The average molecular weight is 304 g/mol. The van der Waals surface area contributed by atoms with Crippen LogP contribution in [0.1, 0.15) is 27.2 Å². The molecule has 0 aliphatic carbocycles. The Labute approximate surface area is 109 Å². The Morgan fingerprint density at radius 1 is 1.24 bits per heavy atom. The molecule has 0 saturated heterocycles. The van der Waals surface area contributed by atoms with Crippen LogP contribution in [0.4, 0.5) is 5.69 Å². The summed E-state index contributed by atoms with van der Waals surface area (Å²) in [5.41, 5.74) is -0.688. The van der Waals surface area contributed by atoms with E-state index in [4.69, 9.17) is 4.74 Å². The van der Waals surface area contributed by atoms with Crippen LogP contribution in [0.5, 0.6) is 5.75 Å². The molecule has 1 N–H and O–H groups in total. The third kappa shape index (κ3) is 3.84. The summed E-state index contributed by atoms with van der Waals surface area (Å²) in [5.74, 6) is 0.194. The summed E-state index contributed by atoms with van der Waals surface area (Å²) in [5, 5.41) is 3.80. The van der Waals surface area contributed by atoms with Crippen LogP contribution in [0.2, 0.25) is 0 Å². The van der Waals surface area contributed by atoms with Gasteiger partial charge in [0.2, 0.25) is 0 Å². The minimum atomic E-state index is -0.518. The fourth-order valence-electron chi connectivity index (χ4n) is 1.24. The summed E-state index contributed by atoms with van der Waals surface area (Å²) in [6.07, 6.45) is 0.886. The van der Waals surface area contributed by atoms with Crippen molar-refractivity contribution >= 4 is 21.6 Å². The molecule has 0 spiro atoms. The number of hydrogen-bond acceptors (Lipinski definition) is 4. The number of ether oxygens (including phenoxy) is 1. The SMILES string of the molecule is CC(C)(C)COc1c(NCCCBr)c(=O)c1=O. The van der Waals surface area contributed by atoms with Crippen LogP contribution in [0.3, 0.4) is 0 Å². The zero-order valence-electron chi connectivity index (χ0n) is 10.4. The van der Waals surface area contributed by atoms with E-state index in [1.54, 1.807) is 0 Å². The fraction of sp³-hybridized carbons (Fsp3) is 0.667. The lowest BCUT2D eigenvalue weighted by Crippen LogP contribution is -2.37. The van der Waals surface area contributed by atoms with Crippen molar-refractivity contribution in [2.24, 2.45) is 5.41 Å². The molecule has 4 nitrogen and oxygen atoms in total. The van der Waals surface area contributed by atoms with Gasteiger partial charge in [-0.05, 0) is 11.8 Å². The summed E-state index contributed by atoms with van der Waals surface area (Å²) < 4.78 is 5.40. The number of rotatable bonds is 6. The standard InChI is InChI=1S/C12H18BrNO3/c1-12(2,3)7-17-11-8(9(15)10(11)16)14-6-4-5-13/h14H,4-7H2,1-3H3. The Morgan fingerprint density at radius 3 is 2.41 bits per heavy atom. The molecule has 0 radical (unpaired) electrons. The highest BCUT2D eigenvalue weighted by atomic mass is 79.9. The van der Waals surface area contributed by atoms with Crippen LogP contribution in [0.15, 0.2) is 9.59 Å². The molecular formula is C12H18BrNO3. The van der Waals surface area contributed by atoms with Gasteiger partial charge < -0.3 is 10.1 Å². The van der Waals surface area contributed by atoms with Crippen molar-refractivity contribution < 1.29 is 4.74 Å². The number of alkyl halides is 1. The van der Waals surface area contributed by atoms with Gasteiger partial charge >= 0.3 is 0 Å². The van der Waals surface area contributed by atoms with Gasteiger partial charge in [-0.2, -0.15) is 0 Å². The van der Waals surface area contributed by atoms with E-state index < -0.39 is 10.9 Å². The van der Waals surface area contributed by atoms with Gasteiger partial charge in [-0.3, -0.25) is 9.59 Å². The first-order valence-corrected chi connectivity index (χ1v) is 6.75.